The van der Waals surface area contributed by atoms with E-state index in [0.29, 0.717) is 12.1 Å². The lowest BCUT2D eigenvalue weighted by Gasteiger charge is -2.13. The smallest absolute Gasteiger partial charge is 0.254 e. The highest BCUT2D eigenvalue weighted by Crippen LogP contribution is 2.46. The zero-order valence-electron chi connectivity index (χ0n) is 9.72. The second-order valence-corrected chi connectivity index (χ2v) is 5.31. The van der Waals surface area contributed by atoms with Crippen molar-refractivity contribution >= 4 is 21.8 Å². The molecule has 1 N–H and O–H groups in total. The minimum atomic E-state index is -0.423. The molecule has 1 saturated carbocycles. The first-order valence-electron chi connectivity index (χ1n) is 5.67. The van der Waals surface area contributed by atoms with Gasteiger partial charge >= 0.3 is 0 Å². The topological polar surface area (TPSA) is 29.1 Å². The second kappa shape index (κ2) is 4.77. The van der Waals surface area contributed by atoms with Gasteiger partial charge in [0.1, 0.15) is 5.82 Å². The van der Waals surface area contributed by atoms with E-state index in [1.807, 2.05) is 0 Å². The first kappa shape index (κ1) is 12.6. The Hall–Kier alpha value is -0.900. The number of alkyl halides is 1. The molecule has 1 aromatic carbocycles. The van der Waals surface area contributed by atoms with Crippen LogP contribution in [0.15, 0.2) is 18.2 Å². The Labute approximate surface area is 109 Å². The van der Waals surface area contributed by atoms with Gasteiger partial charge in [0, 0.05) is 11.9 Å². The van der Waals surface area contributed by atoms with Gasteiger partial charge in [-0.05, 0) is 36.8 Å². The molecule has 2 rings (SSSR count). The molecule has 4 heteroatoms. The number of benzene rings is 1. The van der Waals surface area contributed by atoms with Gasteiger partial charge in [-0.1, -0.05) is 28.1 Å². The minimum absolute atomic E-state index is 0.135. The molecule has 0 aromatic heterocycles. The van der Waals surface area contributed by atoms with E-state index < -0.39 is 5.82 Å². The average molecular weight is 300 g/mol. The lowest BCUT2D eigenvalue weighted by Crippen LogP contribution is -2.31. The number of halogens is 2. The molecule has 0 bridgehead atoms. The number of carbonyl (C=O) groups excluding carboxylic acids is 1. The zero-order chi connectivity index (χ0) is 12.5. The molecule has 0 spiro atoms. The van der Waals surface area contributed by atoms with Crippen molar-refractivity contribution in [2.75, 3.05) is 11.9 Å². The van der Waals surface area contributed by atoms with E-state index >= 15 is 0 Å². The quantitative estimate of drug-likeness (QED) is 0.851. The maximum Gasteiger partial charge on any atom is 0.254 e. The largest absolute Gasteiger partial charge is 0.351 e. The van der Waals surface area contributed by atoms with Crippen LogP contribution in [0.2, 0.25) is 0 Å². The van der Waals surface area contributed by atoms with Gasteiger partial charge in [0.25, 0.3) is 5.91 Å². The molecule has 1 aliphatic carbocycles. The summed E-state index contributed by atoms with van der Waals surface area (Å²) in [4.78, 5) is 11.8. The first-order valence-corrected chi connectivity index (χ1v) is 6.79. The zero-order valence-corrected chi connectivity index (χ0v) is 11.3. The Morgan fingerprint density at radius 1 is 1.53 bits per heavy atom. The van der Waals surface area contributed by atoms with Crippen LogP contribution < -0.4 is 5.32 Å². The number of carbonyl (C=O) groups is 1. The van der Waals surface area contributed by atoms with Crippen LogP contribution in [0, 0.1) is 18.2 Å². The summed E-state index contributed by atoms with van der Waals surface area (Å²) in [5, 5.41) is 3.70. The van der Waals surface area contributed by atoms with Gasteiger partial charge in [-0.3, -0.25) is 4.79 Å². The molecule has 2 nitrogen and oxygen atoms in total. The lowest BCUT2D eigenvalue weighted by molar-refractivity contribution is 0.0942. The van der Waals surface area contributed by atoms with E-state index in [-0.39, 0.29) is 16.9 Å². The second-order valence-electron chi connectivity index (χ2n) is 4.75. The van der Waals surface area contributed by atoms with Crippen LogP contribution in [-0.4, -0.2) is 17.8 Å². The van der Waals surface area contributed by atoms with Gasteiger partial charge in [-0.15, -0.1) is 0 Å². The summed E-state index contributed by atoms with van der Waals surface area (Å²) in [6.45, 7) is 2.28. The predicted octanol–water partition coefficient (Wildman–Crippen LogP) is 3.04. The van der Waals surface area contributed by atoms with Crippen LogP contribution in [0.3, 0.4) is 0 Å². The highest BCUT2D eigenvalue weighted by Gasteiger charge is 2.41. The predicted molar refractivity (Wildman–Crippen MR) is 68.9 cm³/mol. The van der Waals surface area contributed by atoms with Crippen LogP contribution in [0.1, 0.15) is 28.8 Å². The monoisotopic (exact) mass is 299 g/mol. The SMILES string of the molecule is Cc1cccc(C(=O)NCC2(CBr)CC2)c1F. The summed E-state index contributed by atoms with van der Waals surface area (Å²) in [5.74, 6) is -0.743. The van der Waals surface area contributed by atoms with Crippen LogP contribution in [0.25, 0.3) is 0 Å². The van der Waals surface area contributed by atoms with E-state index in [1.54, 1.807) is 19.1 Å². The van der Waals surface area contributed by atoms with Crippen molar-refractivity contribution < 1.29 is 9.18 Å². The van der Waals surface area contributed by atoms with E-state index in [1.165, 1.54) is 6.07 Å². The Kier molecular flexibility index (Phi) is 3.52. The van der Waals surface area contributed by atoms with Gasteiger partial charge in [0.05, 0.1) is 5.56 Å². The average Bonchev–Trinajstić information content (AvgIpc) is 3.10. The minimum Gasteiger partial charge on any atom is -0.351 e. The number of rotatable bonds is 4. The van der Waals surface area contributed by atoms with Crippen molar-refractivity contribution in [3.05, 3.63) is 35.1 Å². The summed E-state index contributed by atoms with van der Waals surface area (Å²) in [7, 11) is 0. The fraction of sp³-hybridized carbons (Fsp3) is 0.462. The maximum absolute atomic E-state index is 13.7. The third-order valence-electron chi connectivity index (χ3n) is 3.30. The van der Waals surface area contributed by atoms with Gasteiger partial charge in [-0.25, -0.2) is 4.39 Å². The Morgan fingerprint density at radius 2 is 2.24 bits per heavy atom. The van der Waals surface area contributed by atoms with Gasteiger partial charge in [-0.2, -0.15) is 0 Å². The Balaban J connectivity index is 2.02. The number of amides is 1. The van der Waals surface area contributed by atoms with Crippen LogP contribution in [-0.2, 0) is 0 Å². The number of hydrogen-bond donors (Lipinski definition) is 1. The lowest BCUT2D eigenvalue weighted by atomic mass is 10.1. The summed E-state index contributed by atoms with van der Waals surface area (Å²) in [5.41, 5.74) is 0.838. The van der Waals surface area contributed by atoms with Crippen molar-refractivity contribution in [2.24, 2.45) is 5.41 Å². The van der Waals surface area contributed by atoms with Crippen molar-refractivity contribution in [2.45, 2.75) is 19.8 Å². The fourth-order valence-corrected chi connectivity index (χ4v) is 2.48. The standard InChI is InChI=1S/C13H15BrFNO/c1-9-3-2-4-10(11(9)15)12(17)16-8-13(7-14)5-6-13/h2-4H,5-8H2,1H3,(H,16,17). The Bertz CT molecular complexity index is 443. The third-order valence-corrected chi connectivity index (χ3v) is 4.49. The Morgan fingerprint density at radius 3 is 2.82 bits per heavy atom. The highest BCUT2D eigenvalue weighted by atomic mass is 79.9. The van der Waals surface area contributed by atoms with Gasteiger partial charge in [0.15, 0.2) is 0 Å². The molecule has 0 saturated heterocycles. The highest BCUT2D eigenvalue weighted by molar-refractivity contribution is 9.09. The summed E-state index contributed by atoms with van der Waals surface area (Å²) in [6.07, 6.45) is 2.24. The number of hydrogen-bond acceptors (Lipinski definition) is 1. The molecule has 92 valence electrons. The van der Waals surface area contributed by atoms with Crippen LogP contribution in [0.5, 0.6) is 0 Å². The van der Waals surface area contributed by atoms with E-state index in [9.17, 15) is 9.18 Å². The molecule has 1 amide bonds. The number of aryl methyl sites for hydroxylation is 1. The van der Waals surface area contributed by atoms with Crippen LogP contribution >= 0.6 is 15.9 Å². The van der Waals surface area contributed by atoms with Gasteiger partial charge in [0.2, 0.25) is 0 Å². The van der Waals surface area contributed by atoms with Crippen molar-refractivity contribution in [1.29, 1.82) is 0 Å². The fourth-order valence-electron chi connectivity index (χ4n) is 1.72. The van der Waals surface area contributed by atoms with Gasteiger partial charge < -0.3 is 5.32 Å². The van der Waals surface area contributed by atoms with Crippen molar-refractivity contribution in [3.8, 4) is 0 Å². The molecular formula is C13H15BrFNO. The number of nitrogens with one attached hydrogen (secondary N) is 1. The summed E-state index contributed by atoms with van der Waals surface area (Å²) in [6, 6.07) is 4.88. The summed E-state index contributed by atoms with van der Waals surface area (Å²) >= 11 is 3.44. The first-order chi connectivity index (χ1) is 8.08. The van der Waals surface area contributed by atoms with Crippen molar-refractivity contribution in [1.82, 2.24) is 5.32 Å². The normalized spacial score (nSPS) is 16.6. The van der Waals surface area contributed by atoms with Crippen molar-refractivity contribution in [3.63, 3.8) is 0 Å². The molecule has 0 atom stereocenters. The molecule has 17 heavy (non-hydrogen) atoms. The molecular weight excluding hydrogens is 285 g/mol. The molecule has 1 aliphatic rings. The van der Waals surface area contributed by atoms with E-state index in [2.05, 4.69) is 21.2 Å². The van der Waals surface area contributed by atoms with Crippen LogP contribution in [0.4, 0.5) is 4.39 Å². The van der Waals surface area contributed by atoms with E-state index in [0.717, 1.165) is 18.2 Å². The van der Waals surface area contributed by atoms with E-state index in [4.69, 9.17) is 0 Å². The maximum atomic E-state index is 13.7. The summed E-state index contributed by atoms with van der Waals surface area (Å²) < 4.78 is 13.7. The third kappa shape index (κ3) is 2.68. The molecule has 0 heterocycles. The molecule has 1 fully saturated rings. The molecule has 0 aliphatic heterocycles. The molecule has 0 radical (unpaired) electrons. The molecule has 1 aromatic rings. The molecule has 0 unspecified atom stereocenters.